The van der Waals surface area contributed by atoms with Gasteiger partial charge in [0.05, 0.1) is 0 Å². The van der Waals surface area contributed by atoms with Crippen molar-refractivity contribution in [3.05, 3.63) is 34.9 Å². The van der Waals surface area contributed by atoms with Crippen LogP contribution in [0.4, 0.5) is 0 Å². The van der Waals surface area contributed by atoms with Crippen LogP contribution < -0.4 is 5.32 Å². The van der Waals surface area contributed by atoms with Crippen molar-refractivity contribution in [1.29, 1.82) is 0 Å². The van der Waals surface area contributed by atoms with Crippen molar-refractivity contribution in [3.63, 3.8) is 0 Å². The minimum Gasteiger partial charge on any atom is -0.312 e. The fourth-order valence-corrected chi connectivity index (χ4v) is 2.60. The fourth-order valence-electron chi connectivity index (χ4n) is 1.78. The lowest BCUT2D eigenvalue weighted by Gasteiger charge is -2.18. The van der Waals surface area contributed by atoms with E-state index in [0.29, 0.717) is 5.75 Å². The zero-order valence-corrected chi connectivity index (χ0v) is 10.6. The van der Waals surface area contributed by atoms with Crippen LogP contribution in [0.1, 0.15) is 22.7 Å². The van der Waals surface area contributed by atoms with Gasteiger partial charge in [0.25, 0.3) is 0 Å². The molecule has 15 heavy (non-hydrogen) atoms. The molecule has 1 N–H and O–H groups in total. The molecule has 0 saturated carbocycles. The van der Waals surface area contributed by atoms with Crippen molar-refractivity contribution in [2.24, 2.45) is 0 Å². The van der Waals surface area contributed by atoms with Crippen molar-refractivity contribution in [3.8, 4) is 0 Å². The molecule has 2 nitrogen and oxygen atoms in total. The molecule has 0 amide bonds. The van der Waals surface area contributed by atoms with Crippen molar-refractivity contribution >= 4 is 10.8 Å². The highest BCUT2D eigenvalue weighted by Crippen LogP contribution is 2.19. The molecule has 1 aromatic carbocycles. The van der Waals surface area contributed by atoms with E-state index in [-0.39, 0.29) is 6.04 Å². The van der Waals surface area contributed by atoms with Gasteiger partial charge in [-0.1, -0.05) is 23.8 Å². The Bertz CT molecular complexity index is 363. The lowest BCUT2D eigenvalue weighted by molar-refractivity contribution is 0.635. The highest BCUT2D eigenvalue weighted by atomic mass is 32.2. The van der Waals surface area contributed by atoms with Crippen molar-refractivity contribution in [1.82, 2.24) is 5.32 Å². The molecule has 0 aliphatic carbocycles. The van der Waals surface area contributed by atoms with Gasteiger partial charge in [0.1, 0.15) is 0 Å². The summed E-state index contributed by atoms with van der Waals surface area (Å²) < 4.78 is 11.2. The number of hydrogen-bond acceptors (Lipinski definition) is 2. The summed E-state index contributed by atoms with van der Waals surface area (Å²) in [6.45, 7) is 4.19. The Balaban J connectivity index is 2.96. The molecule has 0 heterocycles. The smallest absolute Gasteiger partial charge is 0.0436 e. The third-order valence-corrected chi connectivity index (χ3v) is 3.35. The molecule has 0 saturated heterocycles. The summed E-state index contributed by atoms with van der Waals surface area (Å²) in [5, 5.41) is 3.22. The highest BCUT2D eigenvalue weighted by Gasteiger charge is 2.12. The van der Waals surface area contributed by atoms with E-state index in [1.807, 2.05) is 7.05 Å². The first kappa shape index (κ1) is 12.4. The zero-order chi connectivity index (χ0) is 11.4. The average molecular weight is 225 g/mol. The van der Waals surface area contributed by atoms with E-state index >= 15 is 0 Å². The number of aryl methyl sites for hydroxylation is 2. The van der Waals surface area contributed by atoms with E-state index in [0.717, 1.165) is 0 Å². The van der Waals surface area contributed by atoms with Crippen LogP contribution in [0.5, 0.6) is 0 Å². The predicted octanol–water partition coefficient (Wildman–Crippen LogP) is 1.94. The third kappa shape index (κ3) is 3.43. The average Bonchev–Trinajstić information content (AvgIpc) is 2.14. The molecule has 0 bridgehead atoms. The van der Waals surface area contributed by atoms with E-state index in [1.54, 1.807) is 6.26 Å². The zero-order valence-electron chi connectivity index (χ0n) is 9.83. The normalized spacial score (nSPS) is 14.9. The number of rotatable bonds is 4. The maximum atomic E-state index is 11.2. The van der Waals surface area contributed by atoms with Crippen molar-refractivity contribution in [2.45, 2.75) is 19.9 Å². The molecule has 2 unspecified atom stereocenters. The molecule has 0 aromatic heterocycles. The highest BCUT2D eigenvalue weighted by molar-refractivity contribution is 7.84. The van der Waals surface area contributed by atoms with Gasteiger partial charge in [0.15, 0.2) is 0 Å². The number of hydrogen-bond donors (Lipinski definition) is 1. The van der Waals surface area contributed by atoms with E-state index in [9.17, 15) is 4.21 Å². The van der Waals surface area contributed by atoms with Gasteiger partial charge in [-0.15, -0.1) is 0 Å². The largest absolute Gasteiger partial charge is 0.312 e. The molecule has 84 valence electrons. The van der Waals surface area contributed by atoms with Crippen molar-refractivity contribution < 1.29 is 4.21 Å². The molecule has 0 aliphatic heterocycles. The molecule has 1 aromatic rings. The predicted molar refractivity (Wildman–Crippen MR) is 66.7 cm³/mol. The number of nitrogens with one attached hydrogen (secondary N) is 1. The summed E-state index contributed by atoms with van der Waals surface area (Å²) in [7, 11) is 1.14. The molecule has 0 aliphatic rings. The van der Waals surface area contributed by atoms with Gasteiger partial charge >= 0.3 is 0 Å². The minimum atomic E-state index is -0.772. The Morgan fingerprint density at radius 3 is 2.53 bits per heavy atom. The lowest BCUT2D eigenvalue weighted by atomic mass is 10.0. The van der Waals surface area contributed by atoms with Crippen LogP contribution in [0.2, 0.25) is 0 Å². The van der Waals surface area contributed by atoms with Gasteiger partial charge in [0, 0.05) is 28.9 Å². The van der Waals surface area contributed by atoms with Crippen LogP contribution >= 0.6 is 0 Å². The van der Waals surface area contributed by atoms with E-state index < -0.39 is 10.8 Å². The van der Waals surface area contributed by atoms with Gasteiger partial charge in [-0.3, -0.25) is 4.21 Å². The standard InChI is InChI=1S/C12H19NOS/c1-9-5-6-11(10(2)7-9)12(13-3)8-15(4)14/h5-7,12-13H,8H2,1-4H3. The second kappa shape index (κ2) is 5.42. The van der Waals surface area contributed by atoms with Gasteiger partial charge in [-0.05, 0) is 32.0 Å². The molecule has 0 spiro atoms. The lowest BCUT2D eigenvalue weighted by Crippen LogP contribution is -2.23. The fraction of sp³-hybridized carbons (Fsp3) is 0.500. The molecule has 0 fully saturated rings. The van der Waals surface area contributed by atoms with Crippen LogP contribution in [-0.4, -0.2) is 23.3 Å². The van der Waals surface area contributed by atoms with Crippen LogP contribution in [0.3, 0.4) is 0 Å². The monoisotopic (exact) mass is 225 g/mol. The first-order valence-corrected chi connectivity index (χ1v) is 6.81. The van der Waals surface area contributed by atoms with Crippen molar-refractivity contribution in [2.75, 3.05) is 19.1 Å². The Hall–Kier alpha value is -0.670. The molecule has 2 atom stereocenters. The van der Waals surface area contributed by atoms with Crippen LogP contribution in [0, 0.1) is 13.8 Å². The second-order valence-electron chi connectivity index (χ2n) is 3.94. The molecule has 1 rings (SSSR count). The summed E-state index contributed by atoms with van der Waals surface area (Å²) >= 11 is 0. The minimum absolute atomic E-state index is 0.191. The summed E-state index contributed by atoms with van der Waals surface area (Å²) in [4.78, 5) is 0. The SMILES string of the molecule is CNC(CS(C)=O)c1ccc(C)cc1C. The Morgan fingerprint density at radius 1 is 1.40 bits per heavy atom. The van der Waals surface area contributed by atoms with Gasteiger partial charge in [0.2, 0.25) is 0 Å². The molecule has 0 radical (unpaired) electrons. The Labute approximate surface area is 94.5 Å². The van der Waals surface area contributed by atoms with Gasteiger partial charge in [-0.25, -0.2) is 0 Å². The summed E-state index contributed by atoms with van der Waals surface area (Å²) in [6, 6.07) is 6.58. The van der Waals surface area contributed by atoms with E-state index in [4.69, 9.17) is 0 Å². The number of benzene rings is 1. The third-order valence-electron chi connectivity index (χ3n) is 2.55. The van der Waals surface area contributed by atoms with Crippen LogP contribution in [0.15, 0.2) is 18.2 Å². The summed E-state index contributed by atoms with van der Waals surface area (Å²) in [6.07, 6.45) is 1.74. The summed E-state index contributed by atoms with van der Waals surface area (Å²) in [5.74, 6) is 0.667. The van der Waals surface area contributed by atoms with Crippen LogP contribution in [0.25, 0.3) is 0 Å². The second-order valence-corrected chi connectivity index (χ2v) is 5.42. The van der Waals surface area contributed by atoms with E-state index in [2.05, 4.69) is 37.4 Å². The molecular weight excluding hydrogens is 206 g/mol. The Morgan fingerprint density at radius 2 is 2.07 bits per heavy atom. The van der Waals surface area contributed by atoms with E-state index in [1.165, 1.54) is 16.7 Å². The molecule has 3 heteroatoms. The molecular formula is C12H19NOS. The first-order chi connectivity index (χ1) is 7.04. The summed E-state index contributed by atoms with van der Waals surface area (Å²) in [5.41, 5.74) is 3.78. The van der Waals surface area contributed by atoms with Crippen LogP contribution in [-0.2, 0) is 10.8 Å². The maximum Gasteiger partial charge on any atom is 0.0436 e. The van der Waals surface area contributed by atoms with Gasteiger partial charge in [-0.2, -0.15) is 0 Å². The quantitative estimate of drug-likeness (QED) is 0.848. The van der Waals surface area contributed by atoms with Gasteiger partial charge < -0.3 is 5.32 Å². The topological polar surface area (TPSA) is 29.1 Å². The Kier molecular flexibility index (Phi) is 4.48. The maximum absolute atomic E-state index is 11.2. The first-order valence-electron chi connectivity index (χ1n) is 5.09.